The zero-order chi connectivity index (χ0) is 17.7. The number of benzene rings is 1. The maximum Gasteiger partial charge on any atom is 0.163 e. The first-order valence-electron chi connectivity index (χ1n) is 8.68. The average Bonchev–Trinajstić information content (AvgIpc) is 3.23. The molecule has 5 rings (SSSR count). The van der Waals surface area contributed by atoms with Crippen LogP contribution in [0.4, 0.5) is 5.82 Å². The van der Waals surface area contributed by atoms with Gasteiger partial charge in [-0.1, -0.05) is 12.1 Å². The van der Waals surface area contributed by atoms with Gasteiger partial charge in [0.2, 0.25) is 0 Å². The maximum atomic E-state index is 5.49. The number of aromatic nitrogens is 6. The number of fused-ring (bicyclic) bond motifs is 2. The number of nitrogens with one attached hydrogen (secondary N) is 1. The van der Waals surface area contributed by atoms with Crippen LogP contribution < -0.4 is 4.90 Å². The van der Waals surface area contributed by atoms with Crippen LogP contribution in [0.15, 0.2) is 24.5 Å². The average molecular weight is 349 g/mol. The molecule has 1 N–H and O–H groups in total. The molecule has 0 spiro atoms. The van der Waals surface area contributed by atoms with E-state index >= 15 is 0 Å². The van der Waals surface area contributed by atoms with E-state index in [9.17, 15) is 0 Å². The highest BCUT2D eigenvalue weighted by molar-refractivity contribution is 6.00. The van der Waals surface area contributed by atoms with Gasteiger partial charge in [-0.25, -0.2) is 14.6 Å². The van der Waals surface area contributed by atoms with Gasteiger partial charge in [0.25, 0.3) is 0 Å². The number of hydrogen-bond donors (Lipinski definition) is 1. The third-order valence-electron chi connectivity index (χ3n) is 4.93. The SMILES string of the molecule is Cc1[nH]nc2cc(-c3nn(C)c4ncnc(N5CCOCC5)c34)ccc12. The summed E-state index contributed by atoms with van der Waals surface area (Å²) in [7, 11) is 1.92. The largest absolute Gasteiger partial charge is 0.378 e. The fourth-order valence-electron chi connectivity index (χ4n) is 3.58. The van der Waals surface area contributed by atoms with Gasteiger partial charge in [0.15, 0.2) is 5.65 Å². The van der Waals surface area contributed by atoms with Gasteiger partial charge >= 0.3 is 0 Å². The molecule has 1 aromatic carbocycles. The Hall–Kier alpha value is -3.00. The van der Waals surface area contributed by atoms with Crippen LogP contribution in [0, 0.1) is 6.92 Å². The van der Waals surface area contributed by atoms with Crippen molar-refractivity contribution >= 4 is 27.8 Å². The fourth-order valence-corrected chi connectivity index (χ4v) is 3.58. The van der Waals surface area contributed by atoms with Crippen LogP contribution in [-0.2, 0) is 11.8 Å². The maximum absolute atomic E-state index is 5.49. The molecule has 1 saturated heterocycles. The molecule has 8 heteroatoms. The van der Waals surface area contributed by atoms with E-state index < -0.39 is 0 Å². The van der Waals surface area contributed by atoms with E-state index in [1.807, 2.05) is 18.7 Å². The number of morpholine rings is 1. The highest BCUT2D eigenvalue weighted by Gasteiger charge is 2.22. The molecule has 0 radical (unpaired) electrons. The Morgan fingerprint density at radius 3 is 2.85 bits per heavy atom. The minimum absolute atomic E-state index is 0.708. The Bertz CT molecular complexity index is 1110. The lowest BCUT2D eigenvalue weighted by Crippen LogP contribution is -2.36. The monoisotopic (exact) mass is 349 g/mol. The van der Waals surface area contributed by atoms with E-state index in [2.05, 4.69) is 43.3 Å². The Labute approximate surface area is 149 Å². The normalized spacial score (nSPS) is 15.2. The van der Waals surface area contributed by atoms with Crippen molar-refractivity contribution < 1.29 is 4.74 Å². The number of aromatic amines is 1. The lowest BCUT2D eigenvalue weighted by atomic mass is 10.1. The number of hydrogen-bond acceptors (Lipinski definition) is 6. The molecule has 132 valence electrons. The summed E-state index contributed by atoms with van der Waals surface area (Å²) < 4.78 is 7.30. The lowest BCUT2D eigenvalue weighted by Gasteiger charge is -2.28. The summed E-state index contributed by atoms with van der Waals surface area (Å²) >= 11 is 0. The van der Waals surface area contributed by atoms with E-state index in [1.165, 1.54) is 0 Å². The summed E-state index contributed by atoms with van der Waals surface area (Å²) in [6.45, 7) is 5.07. The third-order valence-corrected chi connectivity index (χ3v) is 4.93. The molecule has 1 fully saturated rings. The molecule has 4 aromatic rings. The van der Waals surface area contributed by atoms with Crippen molar-refractivity contribution in [3.05, 3.63) is 30.2 Å². The molecule has 1 aliphatic rings. The van der Waals surface area contributed by atoms with Crippen LogP contribution in [-0.4, -0.2) is 56.2 Å². The Morgan fingerprint density at radius 2 is 2.00 bits per heavy atom. The molecule has 8 nitrogen and oxygen atoms in total. The fraction of sp³-hybridized carbons (Fsp3) is 0.333. The molecular formula is C18H19N7O. The number of rotatable bonds is 2. The van der Waals surface area contributed by atoms with Crippen LogP contribution in [0.25, 0.3) is 33.2 Å². The Kier molecular flexibility index (Phi) is 3.39. The van der Waals surface area contributed by atoms with Crippen LogP contribution in [0.1, 0.15) is 5.69 Å². The molecule has 0 atom stereocenters. The van der Waals surface area contributed by atoms with Crippen molar-refractivity contribution in [1.29, 1.82) is 0 Å². The van der Waals surface area contributed by atoms with Crippen molar-refractivity contribution in [2.75, 3.05) is 31.2 Å². The lowest BCUT2D eigenvalue weighted by molar-refractivity contribution is 0.122. The van der Waals surface area contributed by atoms with Crippen molar-refractivity contribution in [2.24, 2.45) is 7.05 Å². The highest BCUT2D eigenvalue weighted by atomic mass is 16.5. The van der Waals surface area contributed by atoms with E-state index in [-0.39, 0.29) is 0 Å². The first-order chi connectivity index (χ1) is 12.7. The number of H-pyrrole nitrogens is 1. The van der Waals surface area contributed by atoms with E-state index in [0.29, 0.717) is 13.2 Å². The molecule has 0 saturated carbocycles. The van der Waals surface area contributed by atoms with Crippen molar-refractivity contribution in [1.82, 2.24) is 29.9 Å². The molecule has 26 heavy (non-hydrogen) atoms. The van der Waals surface area contributed by atoms with Crippen LogP contribution in [0.5, 0.6) is 0 Å². The van der Waals surface area contributed by atoms with Gasteiger partial charge in [-0.15, -0.1) is 0 Å². The molecule has 0 amide bonds. The summed E-state index contributed by atoms with van der Waals surface area (Å²) in [4.78, 5) is 11.3. The Morgan fingerprint density at radius 1 is 1.15 bits per heavy atom. The molecule has 3 aromatic heterocycles. The zero-order valence-electron chi connectivity index (χ0n) is 14.7. The molecular weight excluding hydrogens is 330 g/mol. The van der Waals surface area contributed by atoms with Gasteiger partial charge in [-0.05, 0) is 13.0 Å². The standard InChI is InChI=1S/C18H19N7O/c1-11-13-4-3-12(9-14(13)22-21-11)16-15-17(24(2)23-16)19-10-20-18(15)25-5-7-26-8-6-25/h3-4,9-10H,5-8H2,1-2H3,(H,21,22). The van der Waals surface area contributed by atoms with Crippen molar-refractivity contribution in [2.45, 2.75) is 6.92 Å². The van der Waals surface area contributed by atoms with Gasteiger partial charge in [0, 0.05) is 36.8 Å². The molecule has 0 aliphatic carbocycles. The van der Waals surface area contributed by atoms with Crippen molar-refractivity contribution in [3.8, 4) is 11.3 Å². The summed E-state index contributed by atoms with van der Waals surface area (Å²) in [6.07, 6.45) is 1.61. The molecule has 1 aliphatic heterocycles. The minimum Gasteiger partial charge on any atom is -0.378 e. The zero-order valence-corrected chi connectivity index (χ0v) is 14.7. The Balaban J connectivity index is 1.73. The molecule has 4 heterocycles. The van der Waals surface area contributed by atoms with Gasteiger partial charge in [-0.3, -0.25) is 5.10 Å². The second kappa shape index (κ2) is 5.77. The predicted octanol–water partition coefficient (Wildman–Crippen LogP) is 2.05. The van der Waals surface area contributed by atoms with E-state index in [1.54, 1.807) is 6.33 Å². The van der Waals surface area contributed by atoms with Gasteiger partial charge in [-0.2, -0.15) is 10.2 Å². The first-order valence-corrected chi connectivity index (χ1v) is 8.68. The van der Waals surface area contributed by atoms with Gasteiger partial charge < -0.3 is 9.64 Å². The number of ether oxygens (including phenoxy) is 1. The van der Waals surface area contributed by atoms with E-state index in [4.69, 9.17) is 9.84 Å². The number of anilines is 1. The van der Waals surface area contributed by atoms with E-state index in [0.717, 1.165) is 57.8 Å². The minimum atomic E-state index is 0.708. The van der Waals surface area contributed by atoms with Crippen molar-refractivity contribution in [3.63, 3.8) is 0 Å². The predicted molar refractivity (Wildman–Crippen MR) is 99.2 cm³/mol. The third kappa shape index (κ3) is 2.26. The second-order valence-corrected chi connectivity index (χ2v) is 6.55. The summed E-state index contributed by atoms with van der Waals surface area (Å²) in [5.74, 6) is 0.916. The first kappa shape index (κ1) is 15.3. The van der Waals surface area contributed by atoms with Crippen LogP contribution in [0.2, 0.25) is 0 Å². The quantitative estimate of drug-likeness (QED) is 0.596. The summed E-state index contributed by atoms with van der Waals surface area (Å²) in [5.41, 5.74) is 4.72. The van der Waals surface area contributed by atoms with Crippen LogP contribution in [0.3, 0.4) is 0 Å². The molecule has 0 bridgehead atoms. The number of aryl methyl sites for hydroxylation is 2. The summed E-state index contributed by atoms with van der Waals surface area (Å²) in [6, 6.07) is 6.24. The van der Waals surface area contributed by atoms with Gasteiger partial charge in [0.05, 0.1) is 24.1 Å². The summed E-state index contributed by atoms with van der Waals surface area (Å²) in [5, 5.41) is 14.3. The van der Waals surface area contributed by atoms with Gasteiger partial charge in [0.1, 0.15) is 17.8 Å². The number of nitrogens with zero attached hydrogens (tertiary/aromatic N) is 6. The van der Waals surface area contributed by atoms with Crippen LogP contribution >= 0.6 is 0 Å². The topological polar surface area (TPSA) is 84.8 Å². The molecule has 0 unspecified atom stereocenters. The second-order valence-electron chi connectivity index (χ2n) is 6.55. The smallest absolute Gasteiger partial charge is 0.163 e. The highest BCUT2D eigenvalue weighted by Crippen LogP contribution is 2.34.